The lowest BCUT2D eigenvalue weighted by molar-refractivity contribution is 0.621. The molecule has 0 spiro atoms. The smallest absolute Gasteiger partial charge is 0.134 e. The number of fused-ring (bicyclic) bond motifs is 1. The van der Waals surface area contributed by atoms with Crippen molar-refractivity contribution in [1.29, 1.82) is 0 Å². The Balaban J connectivity index is 1.37. The molecule has 0 saturated carbocycles. The summed E-state index contributed by atoms with van der Waals surface area (Å²) in [4.78, 5) is 0. The summed E-state index contributed by atoms with van der Waals surface area (Å²) in [5.41, 5.74) is 6.67. The molecule has 0 amide bonds. The van der Waals surface area contributed by atoms with E-state index in [0.717, 1.165) is 54.2 Å². The number of benzene rings is 4. The van der Waals surface area contributed by atoms with Crippen LogP contribution in [0.15, 0.2) is 104 Å². The molecule has 180 valence electrons. The predicted octanol–water partition coefficient (Wildman–Crippen LogP) is 8.79. The maximum absolute atomic E-state index is 14.9. The summed E-state index contributed by atoms with van der Waals surface area (Å²) in [6, 6.07) is 27.0. The first-order valence-corrected chi connectivity index (χ1v) is 12.8. The van der Waals surface area contributed by atoms with Gasteiger partial charge in [-0.25, -0.2) is 4.39 Å². The van der Waals surface area contributed by atoms with Crippen LogP contribution in [-0.2, 0) is 25.7 Å². The van der Waals surface area contributed by atoms with E-state index in [2.05, 4.69) is 73.0 Å². The van der Waals surface area contributed by atoms with Crippen molar-refractivity contribution < 1.29 is 4.39 Å². The maximum atomic E-state index is 14.9. The third kappa shape index (κ3) is 6.83. The van der Waals surface area contributed by atoms with Gasteiger partial charge in [-0.3, -0.25) is 0 Å². The van der Waals surface area contributed by atoms with Crippen LogP contribution in [0.2, 0.25) is 0 Å². The van der Waals surface area contributed by atoms with Gasteiger partial charge < -0.3 is 0 Å². The number of allylic oxidation sites excluding steroid dienone is 3. The van der Waals surface area contributed by atoms with E-state index in [4.69, 9.17) is 0 Å². The van der Waals surface area contributed by atoms with Crippen LogP contribution in [0.5, 0.6) is 0 Å². The molecule has 0 saturated heterocycles. The van der Waals surface area contributed by atoms with Crippen molar-refractivity contribution in [2.24, 2.45) is 0 Å². The summed E-state index contributed by atoms with van der Waals surface area (Å²) in [5, 5.41) is 1.55. The van der Waals surface area contributed by atoms with Gasteiger partial charge in [0.05, 0.1) is 0 Å². The minimum absolute atomic E-state index is 0.115. The van der Waals surface area contributed by atoms with Crippen molar-refractivity contribution in [2.75, 3.05) is 0 Å². The van der Waals surface area contributed by atoms with Gasteiger partial charge in [0.1, 0.15) is 5.82 Å². The quantitative estimate of drug-likeness (QED) is 0.169. The molecule has 0 aromatic heterocycles. The Labute approximate surface area is 215 Å². The zero-order chi connectivity index (χ0) is 25.2. The first-order chi connectivity index (χ1) is 17.7. The van der Waals surface area contributed by atoms with Crippen molar-refractivity contribution in [3.05, 3.63) is 143 Å². The van der Waals surface area contributed by atoms with E-state index in [-0.39, 0.29) is 5.82 Å². The van der Waals surface area contributed by atoms with Crippen LogP contribution in [0.1, 0.15) is 53.1 Å². The van der Waals surface area contributed by atoms with Crippen LogP contribution in [0, 0.1) is 17.7 Å². The van der Waals surface area contributed by atoms with Crippen molar-refractivity contribution in [2.45, 2.75) is 45.4 Å². The second-order valence-electron chi connectivity index (χ2n) is 9.17. The lowest BCUT2D eigenvalue weighted by Crippen LogP contribution is -1.92. The van der Waals surface area contributed by atoms with E-state index in [9.17, 15) is 4.39 Å². The Kier molecular flexibility index (Phi) is 8.90. The van der Waals surface area contributed by atoms with Gasteiger partial charge in [0, 0.05) is 16.5 Å². The molecule has 0 aliphatic carbocycles. The Morgan fingerprint density at radius 3 is 1.97 bits per heavy atom. The largest absolute Gasteiger partial charge is 0.206 e. The Morgan fingerprint density at radius 2 is 1.31 bits per heavy atom. The van der Waals surface area contributed by atoms with Crippen LogP contribution >= 0.6 is 0 Å². The summed E-state index contributed by atoms with van der Waals surface area (Å²) >= 11 is 0. The van der Waals surface area contributed by atoms with Gasteiger partial charge in [0.15, 0.2) is 0 Å². The van der Waals surface area contributed by atoms with Gasteiger partial charge in [-0.15, -0.1) is 6.58 Å². The predicted molar refractivity (Wildman–Crippen MR) is 152 cm³/mol. The molecular formula is C35H33F. The van der Waals surface area contributed by atoms with Crippen molar-refractivity contribution in [3.63, 3.8) is 0 Å². The van der Waals surface area contributed by atoms with E-state index in [0.29, 0.717) is 11.8 Å². The van der Waals surface area contributed by atoms with E-state index in [1.165, 1.54) is 16.7 Å². The highest BCUT2D eigenvalue weighted by Crippen LogP contribution is 2.23. The first kappa shape index (κ1) is 25.2. The molecule has 0 atom stereocenters. The van der Waals surface area contributed by atoms with E-state index < -0.39 is 0 Å². The van der Waals surface area contributed by atoms with Gasteiger partial charge in [-0.1, -0.05) is 84.7 Å². The third-order valence-electron chi connectivity index (χ3n) is 6.52. The number of halogens is 1. The molecule has 4 rings (SSSR count). The van der Waals surface area contributed by atoms with E-state index in [1.54, 1.807) is 0 Å². The number of hydrogen-bond donors (Lipinski definition) is 0. The van der Waals surface area contributed by atoms with Gasteiger partial charge >= 0.3 is 0 Å². The lowest BCUT2D eigenvalue weighted by Gasteiger charge is -2.06. The molecular weight excluding hydrogens is 439 g/mol. The molecule has 0 N–H and O–H groups in total. The summed E-state index contributed by atoms with van der Waals surface area (Å²) in [6.45, 7) is 5.78. The second kappa shape index (κ2) is 12.7. The molecule has 36 heavy (non-hydrogen) atoms. The normalized spacial score (nSPS) is 10.9. The Morgan fingerprint density at radius 1 is 0.694 bits per heavy atom. The molecule has 0 radical (unpaired) electrons. The highest BCUT2D eigenvalue weighted by Gasteiger charge is 2.07. The van der Waals surface area contributed by atoms with Crippen LogP contribution in [-0.4, -0.2) is 0 Å². The monoisotopic (exact) mass is 472 g/mol. The molecule has 0 nitrogen and oxygen atoms in total. The van der Waals surface area contributed by atoms with Crippen LogP contribution < -0.4 is 0 Å². The minimum Gasteiger partial charge on any atom is -0.206 e. The summed E-state index contributed by atoms with van der Waals surface area (Å²) < 4.78 is 14.9. The number of rotatable bonds is 9. The van der Waals surface area contributed by atoms with Crippen molar-refractivity contribution >= 4 is 10.8 Å². The van der Waals surface area contributed by atoms with E-state index >= 15 is 0 Å². The zero-order valence-electron chi connectivity index (χ0n) is 21.1. The highest BCUT2D eigenvalue weighted by molar-refractivity contribution is 5.85. The summed E-state index contributed by atoms with van der Waals surface area (Å²) in [7, 11) is 0. The van der Waals surface area contributed by atoms with Gasteiger partial charge in [-0.2, -0.15) is 0 Å². The maximum Gasteiger partial charge on any atom is 0.134 e. The standard InChI is InChI=1S/C35H33F/c1-3-5-7-9-32-23-24-33-26-31(22-25-34(33)35(32)36)21-20-30-18-16-29(17-19-30)15-14-28-12-10-27(11-13-28)8-6-4-2/h3-5,10-13,16-19,22-26H,2,6-9,14-15H2,1H3/b5-3+. The number of aryl methyl sites for hydroxylation is 4. The second-order valence-corrected chi connectivity index (χ2v) is 9.17. The van der Waals surface area contributed by atoms with E-state index in [1.807, 2.05) is 49.4 Å². The van der Waals surface area contributed by atoms with Crippen LogP contribution in [0.3, 0.4) is 0 Å². The average molecular weight is 473 g/mol. The molecule has 0 aliphatic rings. The van der Waals surface area contributed by atoms with Gasteiger partial charge in [0.2, 0.25) is 0 Å². The SMILES string of the molecule is C=CCCc1ccc(CCc2ccc(C#Cc3ccc4c(F)c(CC/C=C/C)ccc4c3)cc2)cc1. The van der Waals surface area contributed by atoms with Gasteiger partial charge in [-0.05, 0) is 97.4 Å². The molecule has 0 fully saturated rings. The fourth-order valence-electron chi connectivity index (χ4n) is 4.34. The molecule has 0 heterocycles. The highest BCUT2D eigenvalue weighted by atomic mass is 19.1. The fraction of sp³-hybridized carbons (Fsp3) is 0.200. The fourth-order valence-corrected chi connectivity index (χ4v) is 4.34. The van der Waals surface area contributed by atoms with Crippen molar-refractivity contribution in [3.8, 4) is 11.8 Å². The average Bonchev–Trinajstić information content (AvgIpc) is 2.92. The Bertz CT molecular complexity index is 1390. The van der Waals surface area contributed by atoms with Crippen molar-refractivity contribution in [1.82, 2.24) is 0 Å². The lowest BCUT2D eigenvalue weighted by atomic mass is 10.0. The van der Waals surface area contributed by atoms with Gasteiger partial charge in [0.25, 0.3) is 0 Å². The number of hydrogen-bond acceptors (Lipinski definition) is 0. The molecule has 0 aliphatic heterocycles. The third-order valence-corrected chi connectivity index (χ3v) is 6.52. The molecule has 4 aromatic carbocycles. The topological polar surface area (TPSA) is 0 Å². The summed E-state index contributed by atoms with van der Waals surface area (Å²) in [6.07, 6.45) is 11.7. The molecule has 4 aromatic rings. The minimum atomic E-state index is -0.115. The van der Waals surface area contributed by atoms with Crippen LogP contribution in [0.25, 0.3) is 10.8 Å². The van der Waals surface area contributed by atoms with Crippen LogP contribution in [0.4, 0.5) is 4.39 Å². The zero-order valence-corrected chi connectivity index (χ0v) is 21.1. The molecule has 1 heteroatoms. The summed E-state index contributed by atoms with van der Waals surface area (Å²) in [5.74, 6) is 6.37. The Hall–Kier alpha value is -3.89. The molecule has 0 bridgehead atoms. The molecule has 0 unspecified atom stereocenters. The first-order valence-electron chi connectivity index (χ1n) is 12.8.